The number of nitrogens with zero attached hydrogens (tertiary/aromatic N) is 3. The van der Waals surface area contributed by atoms with E-state index in [0.29, 0.717) is 24.7 Å². The molecular weight excluding hydrogens is 314 g/mol. The molecule has 1 fully saturated rings. The van der Waals surface area contributed by atoms with Crippen LogP contribution in [0.15, 0.2) is 29.2 Å². The molecule has 6 nitrogen and oxygen atoms in total. The predicted molar refractivity (Wildman–Crippen MR) is 92.4 cm³/mol. The first-order valence-corrected chi connectivity index (χ1v) is 9.32. The summed E-state index contributed by atoms with van der Waals surface area (Å²) in [5.74, 6) is 0. The van der Waals surface area contributed by atoms with Crippen molar-refractivity contribution in [1.29, 1.82) is 0 Å². The second-order valence-electron chi connectivity index (χ2n) is 6.18. The van der Waals surface area contributed by atoms with Crippen LogP contribution in [0.1, 0.15) is 6.92 Å². The summed E-state index contributed by atoms with van der Waals surface area (Å²) in [6.45, 7) is 5.81. The fraction of sp³-hybridized carbons (Fsp3) is 0.625. The molecule has 0 amide bonds. The number of hydrogen-bond acceptors (Lipinski definition) is 5. The Hall–Kier alpha value is -1.15. The SMILES string of the molecule is C[C@@H](CN1CCOCC1)N(C)S(=O)(=O)c1cccc(N(C)C)c1. The lowest BCUT2D eigenvalue weighted by atomic mass is 10.3. The lowest BCUT2D eigenvalue weighted by Gasteiger charge is -2.32. The third-order valence-electron chi connectivity index (χ3n) is 4.26. The summed E-state index contributed by atoms with van der Waals surface area (Å²) < 4.78 is 32.5. The maximum absolute atomic E-state index is 12.9. The van der Waals surface area contributed by atoms with Crippen LogP contribution in [0.2, 0.25) is 0 Å². The van der Waals surface area contributed by atoms with Gasteiger partial charge in [0.25, 0.3) is 0 Å². The molecule has 0 radical (unpaired) electrons. The van der Waals surface area contributed by atoms with E-state index in [2.05, 4.69) is 4.90 Å². The van der Waals surface area contributed by atoms with Crippen molar-refractivity contribution in [3.8, 4) is 0 Å². The van der Waals surface area contributed by atoms with Crippen LogP contribution in [-0.4, -0.2) is 77.7 Å². The van der Waals surface area contributed by atoms with E-state index in [9.17, 15) is 8.42 Å². The molecule has 23 heavy (non-hydrogen) atoms. The molecule has 1 heterocycles. The van der Waals surface area contributed by atoms with Crippen molar-refractivity contribution < 1.29 is 13.2 Å². The standard InChI is InChI=1S/C16H27N3O3S/c1-14(13-19-8-10-22-11-9-19)18(4)23(20,21)16-7-5-6-15(12-16)17(2)3/h5-7,12,14H,8-11,13H2,1-4H3/t14-/m0/s1. The van der Waals surface area contributed by atoms with Crippen molar-refractivity contribution >= 4 is 15.7 Å². The first kappa shape index (κ1) is 18.2. The third-order valence-corrected chi connectivity index (χ3v) is 6.23. The van der Waals surface area contributed by atoms with Gasteiger partial charge in [-0.15, -0.1) is 0 Å². The summed E-state index contributed by atoms with van der Waals surface area (Å²) in [5, 5.41) is 0. The van der Waals surface area contributed by atoms with Gasteiger partial charge in [0.05, 0.1) is 18.1 Å². The molecular formula is C16H27N3O3S. The Labute approximate surface area is 139 Å². The summed E-state index contributed by atoms with van der Waals surface area (Å²) in [4.78, 5) is 4.48. The highest BCUT2D eigenvalue weighted by Crippen LogP contribution is 2.21. The summed E-state index contributed by atoms with van der Waals surface area (Å²) >= 11 is 0. The van der Waals surface area contributed by atoms with E-state index in [1.807, 2.05) is 32.0 Å². The molecule has 1 aliphatic heterocycles. The van der Waals surface area contributed by atoms with E-state index in [0.717, 1.165) is 18.8 Å². The van der Waals surface area contributed by atoms with E-state index in [4.69, 9.17) is 4.74 Å². The number of hydrogen-bond donors (Lipinski definition) is 0. The van der Waals surface area contributed by atoms with E-state index in [1.165, 1.54) is 4.31 Å². The van der Waals surface area contributed by atoms with Crippen LogP contribution in [0.4, 0.5) is 5.69 Å². The fourth-order valence-corrected chi connectivity index (χ4v) is 3.99. The molecule has 1 aromatic rings. The normalized spacial score (nSPS) is 18.1. The number of anilines is 1. The highest BCUT2D eigenvalue weighted by atomic mass is 32.2. The number of ether oxygens (including phenoxy) is 1. The zero-order valence-electron chi connectivity index (χ0n) is 14.4. The maximum atomic E-state index is 12.9. The van der Waals surface area contributed by atoms with Crippen LogP contribution in [0.25, 0.3) is 0 Å². The van der Waals surface area contributed by atoms with Gasteiger partial charge in [-0.05, 0) is 25.1 Å². The van der Waals surface area contributed by atoms with Gasteiger partial charge in [-0.3, -0.25) is 4.90 Å². The largest absolute Gasteiger partial charge is 0.379 e. The molecule has 1 saturated heterocycles. The van der Waals surface area contributed by atoms with Crippen LogP contribution in [0.5, 0.6) is 0 Å². The highest BCUT2D eigenvalue weighted by Gasteiger charge is 2.27. The minimum atomic E-state index is -3.50. The second kappa shape index (κ2) is 7.61. The van der Waals surface area contributed by atoms with Crippen LogP contribution in [-0.2, 0) is 14.8 Å². The molecule has 1 atom stereocenters. The van der Waals surface area contributed by atoms with Crippen LogP contribution < -0.4 is 4.90 Å². The van der Waals surface area contributed by atoms with Crippen molar-refractivity contribution in [2.24, 2.45) is 0 Å². The first-order chi connectivity index (χ1) is 10.8. The van der Waals surface area contributed by atoms with Crippen LogP contribution in [0.3, 0.4) is 0 Å². The average molecular weight is 341 g/mol. The van der Waals surface area contributed by atoms with Crippen molar-refractivity contribution in [2.45, 2.75) is 17.9 Å². The summed E-state index contributed by atoms with van der Waals surface area (Å²) in [6.07, 6.45) is 0. The van der Waals surface area contributed by atoms with Gasteiger partial charge in [-0.25, -0.2) is 8.42 Å². The summed E-state index contributed by atoms with van der Waals surface area (Å²) in [7, 11) is 1.96. The molecule has 2 rings (SSSR count). The zero-order valence-corrected chi connectivity index (χ0v) is 15.2. The van der Waals surface area contributed by atoms with Gasteiger partial charge < -0.3 is 9.64 Å². The van der Waals surface area contributed by atoms with Crippen molar-refractivity contribution in [3.63, 3.8) is 0 Å². The van der Waals surface area contributed by atoms with Gasteiger partial charge in [0.15, 0.2) is 0 Å². The predicted octanol–water partition coefficient (Wildman–Crippen LogP) is 1.09. The van der Waals surface area contributed by atoms with Gasteiger partial charge in [0, 0.05) is 52.5 Å². The average Bonchev–Trinajstić information content (AvgIpc) is 2.55. The molecule has 130 valence electrons. The zero-order chi connectivity index (χ0) is 17.0. The van der Waals surface area contributed by atoms with Crippen molar-refractivity contribution in [2.75, 3.05) is 58.9 Å². The number of benzene rings is 1. The van der Waals surface area contributed by atoms with Gasteiger partial charge in [0.2, 0.25) is 10.0 Å². The maximum Gasteiger partial charge on any atom is 0.243 e. The molecule has 1 aliphatic rings. The quantitative estimate of drug-likeness (QED) is 0.775. The van der Waals surface area contributed by atoms with E-state index in [-0.39, 0.29) is 6.04 Å². The smallest absolute Gasteiger partial charge is 0.243 e. The Kier molecular flexibility index (Phi) is 6.02. The lowest BCUT2D eigenvalue weighted by molar-refractivity contribution is 0.0314. The Morgan fingerprint density at radius 3 is 2.48 bits per heavy atom. The Morgan fingerprint density at radius 1 is 1.22 bits per heavy atom. The minimum absolute atomic E-state index is 0.0962. The molecule has 0 spiro atoms. The second-order valence-corrected chi connectivity index (χ2v) is 8.17. The number of rotatable bonds is 6. The molecule has 0 saturated carbocycles. The number of likely N-dealkylation sites (N-methyl/N-ethyl adjacent to an activating group) is 1. The molecule has 0 N–H and O–H groups in total. The minimum Gasteiger partial charge on any atom is -0.379 e. The number of morpholine rings is 1. The Balaban J connectivity index is 2.12. The highest BCUT2D eigenvalue weighted by molar-refractivity contribution is 7.89. The molecule has 1 aromatic carbocycles. The Bertz CT molecular complexity index is 613. The van der Waals surface area contributed by atoms with Gasteiger partial charge in [-0.1, -0.05) is 6.07 Å². The fourth-order valence-electron chi connectivity index (χ4n) is 2.60. The van der Waals surface area contributed by atoms with Crippen LogP contribution in [0, 0.1) is 0 Å². The Morgan fingerprint density at radius 2 is 1.87 bits per heavy atom. The van der Waals surface area contributed by atoms with Crippen molar-refractivity contribution in [1.82, 2.24) is 9.21 Å². The van der Waals surface area contributed by atoms with Crippen LogP contribution >= 0.6 is 0 Å². The molecule has 0 unspecified atom stereocenters. The van der Waals surface area contributed by atoms with E-state index >= 15 is 0 Å². The topological polar surface area (TPSA) is 53.1 Å². The van der Waals surface area contributed by atoms with Crippen molar-refractivity contribution in [3.05, 3.63) is 24.3 Å². The summed E-state index contributed by atoms with van der Waals surface area (Å²) in [5.41, 5.74) is 0.875. The summed E-state index contributed by atoms with van der Waals surface area (Å²) in [6, 6.07) is 6.95. The third kappa shape index (κ3) is 4.44. The monoisotopic (exact) mass is 341 g/mol. The van der Waals surface area contributed by atoms with E-state index < -0.39 is 10.0 Å². The van der Waals surface area contributed by atoms with Gasteiger partial charge in [0.1, 0.15) is 0 Å². The number of sulfonamides is 1. The van der Waals surface area contributed by atoms with Gasteiger partial charge in [-0.2, -0.15) is 4.31 Å². The van der Waals surface area contributed by atoms with Gasteiger partial charge >= 0.3 is 0 Å². The molecule has 0 aromatic heterocycles. The molecule has 0 bridgehead atoms. The first-order valence-electron chi connectivity index (χ1n) is 7.88. The van der Waals surface area contributed by atoms with E-state index in [1.54, 1.807) is 25.2 Å². The lowest BCUT2D eigenvalue weighted by Crippen LogP contribution is -2.46. The molecule has 7 heteroatoms. The molecule has 0 aliphatic carbocycles.